The lowest BCUT2D eigenvalue weighted by Crippen LogP contribution is -2.13. The van der Waals surface area contributed by atoms with E-state index >= 15 is 0 Å². The monoisotopic (exact) mass is 327 g/mol. The molecule has 0 aliphatic heterocycles. The number of benzene rings is 2. The summed E-state index contributed by atoms with van der Waals surface area (Å²) in [5.74, 6) is -0.437. The molecule has 0 radical (unpaired) electrons. The van der Waals surface area contributed by atoms with Crippen molar-refractivity contribution in [3.05, 3.63) is 64.4 Å². The maximum absolute atomic E-state index is 13.3. The average Bonchev–Trinajstić information content (AvgIpc) is 2.43. The van der Waals surface area contributed by atoms with Gasteiger partial charge >= 0.3 is 0 Å². The van der Waals surface area contributed by atoms with E-state index in [4.69, 9.17) is 11.6 Å². The second-order valence-corrected chi connectivity index (χ2v) is 7.13. The smallest absolute Gasteiger partial charge is 0.175 e. The van der Waals surface area contributed by atoms with Crippen LogP contribution < -0.4 is 5.32 Å². The first kappa shape index (κ1) is 15.9. The molecule has 0 spiro atoms. The standard InChI is InChI=1S/C15H15ClFNO2S/c1-21(19,20)13-7-5-11(6-8-13)9-18-10-12-3-2-4-14(17)15(12)16/h2-8,18H,9-10H2,1H3. The molecular formula is C15H15ClFNO2S. The minimum absolute atomic E-state index is 0.123. The Kier molecular flexibility index (Phi) is 4.98. The van der Waals surface area contributed by atoms with Gasteiger partial charge in [-0.2, -0.15) is 0 Å². The highest BCUT2D eigenvalue weighted by Crippen LogP contribution is 2.19. The van der Waals surface area contributed by atoms with Crippen LogP contribution in [-0.2, 0) is 22.9 Å². The highest BCUT2D eigenvalue weighted by Gasteiger charge is 2.07. The fourth-order valence-corrected chi connectivity index (χ4v) is 2.70. The minimum Gasteiger partial charge on any atom is -0.309 e. The zero-order chi connectivity index (χ0) is 15.5. The third kappa shape index (κ3) is 4.27. The van der Waals surface area contributed by atoms with Crippen molar-refractivity contribution in [3.8, 4) is 0 Å². The fraction of sp³-hybridized carbons (Fsp3) is 0.200. The first-order valence-electron chi connectivity index (χ1n) is 6.30. The normalized spacial score (nSPS) is 11.6. The van der Waals surface area contributed by atoms with Gasteiger partial charge in [0.25, 0.3) is 0 Å². The molecule has 0 aliphatic rings. The van der Waals surface area contributed by atoms with Crippen LogP contribution in [0.1, 0.15) is 11.1 Å². The fourth-order valence-electron chi connectivity index (χ4n) is 1.88. The maximum atomic E-state index is 13.3. The Balaban J connectivity index is 1.96. The molecular weight excluding hydrogens is 313 g/mol. The topological polar surface area (TPSA) is 46.2 Å². The van der Waals surface area contributed by atoms with Crippen molar-refractivity contribution >= 4 is 21.4 Å². The predicted molar refractivity (Wildman–Crippen MR) is 81.5 cm³/mol. The molecule has 0 bridgehead atoms. The van der Waals surface area contributed by atoms with E-state index in [9.17, 15) is 12.8 Å². The van der Waals surface area contributed by atoms with Gasteiger partial charge in [0.15, 0.2) is 9.84 Å². The molecule has 1 N–H and O–H groups in total. The summed E-state index contributed by atoms with van der Waals surface area (Å²) in [6, 6.07) is 11.3. The van der Waals surface area contributed by atoms with Gasteiger partial charge in [0.1, 0.15) is 5.82 Å². The molecule has 0 amide bonds. The van der Waals surface area contributed by atoms with E-state index in [-0.39, 0.29) is 5.02 Å². The van der Waals surface area contributed by atoms with E-state index in [1.165, 1.54) is 12.3 Å². The molecule has 2 aromatic carbocycles. The molecule has 3 nitrogen and oxygen atoms in total. The lowest BCUT2D eigenvalue weighted by atomic mass is 10.2. The largest absolute Gasteiger partial charge is 0.309 e. The van der Waals surface area contributed by atoms with Gasteiger partial charge in [-0.3, -0.25) is 0 Å². The maximum Gasteiger partial charge on any atom is 0.175 e. The van der Waals surface area contributed by atoms with Crippen LogP contribution in [-0.4, -0.2) is 14.7 Å². The van der Waals surface area contributed by atoms with Crippen molar-refractivity contribution < 1.29 is 12.8 Å². The van der Waals surface area contributed by atoms with E-state index in [0.29, 0.717) is 23.5 Å². The molecule has 0 heterocycles. The van der Waals surface area contributed by atoms with Crippen LogP contribution in [0, 0.1) is 5.82 Å². The second kappa shape index (κ2) is 6.56. The lowest BCUT2D eigenvalue weighted by molar-refractivity contribution is 0.602. The number of hydrogen-bond donors (Lipinski definition) is 1. The van der Waals surface area contributed by atoms with E-state index in [1.54, 1.807) is 36.4 Å². The quantitative estimate of drug-likeness (QED) is 0.917. The van der Waals surface area contributed by atoms with Gasteiger partial charge in [0.05, 0.1) is 9.92 Å². The number of nitrogens with one attached hydrogen (secondary N) is 1. The number of halogens is 2. The van der Waals surface area contributed by atoms with Gasteiger partial charge in [0.2, 0.25) is 0 Å². The first-order chi connectivity index (χ1) is 9.88. The molecule has 2 rings (SSSR count). The average molecular weight is 328 g/mol. The van der Waals surface area contributed by atoms with Crippen LogP contribution in [0.3, 0.4) is 0 Å². The zero-order valence-corrected chi connectivity index (χ0v) is 13.0. The van der Waals surface area contributed by atoms with Crippen molar-refractivity contribution in [1.82, 2.24) is 5.32 Å². The molecule has 0 saturated heterocycles. The minimum atomic E-state index is -3.17. The Morgan fingerprint density at radius 3 is 2.38 bits per heavy atom. The van der Waals surface area contributed by atoms with Crippen LogP contribution in [0.25, 0.3) is 0 Å². The van der Waals surface area contributed by atoms with Crippen molar-refractivity contribution in [2.45, 2.75) is 18.0 Å². The highest BCUT2D eigenvalue weighted by atomic mass is 35.5. The van der Waals surface area contributed by atoms with Crippen LogP contribution in [0.15, 0.2) is 47.4 Å². The van der Waals surface area contributed by atoms with Crippen LogP contribution >= 0.6 is 11.6 Å². The molecule has 2 aromatic rings. The summed E-state index contributed by atoms with van der Waals surface area (Å²) in [4.78, 5) is 0.291. The second-order valence-electron chi connectivity index (χ2n) is 4.73. The van der Waals surface area contributed by atoms with Crippen molar-refractivity contribution in [3.63, 3.8) is 0 Å². The summed E-state index contributed by atoms with van der Waals surface area (Å²) >= 11 is 5.86. The van der Waals surface area contributed by atoms with Gasteiger partial charge < -0.3 is 5.32 Å². The third-order valence-corrected chi connectivity index (χ3v) is 4.58. The summed E-state index contributed by atoms with van der Waals surface area (Å²) in [5.41, 5.74) is 1.62. The molecule has 6 heteroatoms. The Hall–Kier alpha value is -1.43. The summed E-state index contributed by atoms with van der Waals surface area (Å²) < 4.78 is 36.0. The van der Waals surface area contributed by atoms with Gasteiger partial charge in [0, 0.05) is 19.3 Å². The number of sulfone groups is 1. The Morgan fingerprint density at radius 2 is 1.76 bits per heavy atom. The van der Waals surface area contributed by atoms with E-state index < -0.39 is 15.7 Å². The summed E-state index contributed by atoms with van der Waals surface area (Å²) in [6.07, 6.45) is 1.17. The zero-order valence-electron chi connectivity index (χ0n) is 11.4. The van der Waals surface area contributed by atoms with Crippen molar-refractivity contribution in [1.29, 1.82) is 0 Å². The molecule has 0 fully saturated rings. The molecule has 0 atom stereocenters. The van der Waals surface area contributed by atoms with Crippen LogP contribution in [0.5, 0.6) is 0 Å². The van der Waals surface area contributed by atoms with Crippen molar-refractivity contribution in [2.24, 2.45) is 0 Å². The Bertz CT molecular complexity index is 730. The summed E-state index contributed by atoms with van der Waals surface area (Å²) in [6.45, 7) is 0.974. The van der Waals surface area contributed by atoms with Crippen molar-refractivity contribution in [2.75, 3.05) is 6.26 Å². The van der Waals surface area contributed by atoms with Crippen LogP contribution in [0.4, 0.5) is 4.39 Å². The Morgan fingerprint density at radius 1 is 1.10 bits per heavy atom. The molecule has 0 unspecified atom stereocenters. The molecule has 0 saturated carbocycles. The SMILES string of the molecule is CS(=O)(=O)c1ccc(CNCc2cccc(F)c2Cl)cc1. The third-order valence-electron chi connectivity index (χ3n) is 3.03. The lowest BCUT2D eigenvalue weighted by Gasteiger charge is -2.08. The number of hydrogen-bond acceptors (Lipinski definition) is 3. The molecule has 112 valence electrons. The number of rotatable bonds is 5. The van der Waals surface area contributed by atoms with Gasteiger partial charge in [-0.25, -0.2) is 12.8 Å². The van der Waals surface area contributed by atoms with E-state index in [0.717, 1.165) is 5.56 Å². The summed E-state index contributed by atoms with van der Waals surface area (Å²) in [5, 5.41) is 3.27. The van der Waals surface area contributed by atoms with Gasteiger partial charge in [-0.1, -0.05) is 35.9 Å². The van der Waals surface area contributed by atoms with Gasteiger partial charge in [-0.05, 0) is 29.3 Å². The predicted octanol–water partition coefficient (Wildman–Crippen LogP) is 3.17. The molecule has 21 heavy (non-hydrogen) atoms. The molecule has 0 aromatic heterocycles. The van der Waals surface area contributed by atoms with E-state index in [2.05, 4.69) is 5.32 Å². The summed E-state index contributed by atoms with van der Waals surface area (Å²) in [7, 11) is -3.17. The first-order valence-corrected chi connectivity index (χ1v) is 8.57. The van der Waals surface area contributed by atoms with Gasteiger partial charge in [-0.15, -0.1) is 0 Å². The molecule has 0 aliphatic carbocycles. The van der Waals surface area contributed by atoms with Crippen LogP contribution in [0.2, 0.25) is 5.02 Å². The highest BCUT2D eigenvalue weighted by molar-refractivity contribution is 7.90. The van der Waals surface area contributed by atoms with E-state index in [1.807, 2.05) is 0 Å². The Labute approximate surface area is 128 Å².